The van der Waals surface area contributed by atoms with E-state index in [1.165, 1.54) is 12.1 Å². The predicted molar refractivity (Wildman–Crippen MR) is 126 cm³/mol. The molecular formula is C24H30N4O7. The van der Waals surface area contributed by atoms with Crippen molar-refractivity contribution in [3.05, 3.63) is 57.8 Å². The highest BCUT2D eigenvalue weighted by Gasteiger charge is 2.36. The van der Waals surface area contributed by atoms with Crippen molar-refractivity contribution in [2.75, 3.05) is 26.7 Å². The molecule has 1 atom stereocenters. The predicted octanol–water partition coefficient (Wildman–Crippen LogP) is 1.92. The summed E-state index contributed by atoms with van der Waals surface area (Å²) in [4.78, 5) is 58.6. The van der Waals surface area contributed by atoms with Gasteiger partial charge in [0.1, 0.15) is 11.4 Å². The molecule has 2 N–H and O–H groups in total. The molecule has 0 spiro atoms. The molecule has 1 fully saturated rings. The number of carbonyl (C=O) groups is 3. The summed E-state index contributed by atoms with van der Waals surface area (Å²) in [6.07, 6.45) is -0.275. The van der Waals surface area contributed by atoms with Crippen LogP contribution in [0.4, 0.5) is 4.79 Å². The van der Waals surface area contributed by atoms with E-state index in [9.17, 15) is 19.2 Å². The molecule has 1 amide bonds. The number of aromatic nitrogens is 2. The average Bonchev–Trinajstić information content (AvgIpc) is 2.79. The van der Waals surface area contributed by atoms with Crippen LogP contribution in [-0.2, 0) is 15.9 Å². The van der Waals surface area contributed by atoms with Gasteiger partial charge in [-0.15, -0.1) is 0 Å². The molecule has 1 aliphatic heterocycles. The Morgan fingerprint density at radius 1 is 1.14 bits per heavy atom. The van der Waals surface area contributed by atoms with Gasteiger partial charge in [-0.3, -0.25) is 4.79 Å². The fraction of sp³-hybridized carbons (Fsp3) is 0.458. The molecule has 1 unspecified atom stereocenters. The number of benzene rings is 1. The third kappa shape index (κ3) is 6.66. The smallest absolute Gasteiger partial charge is 0.410 e. The lowest BCUT2D eigenvalue weighted by Crippen LogP contribution is -2.61. The minimum absolute atomic E-state index is 0.163. The van der Waals surface area contributed by atoms with Gasteiger partial charge in [-0.1, -0.05) is 18.2 Å². The third-order valence-electron chi connectivity index (χ3n) is 5.19. The first-order valence-corrected chi connectivity index (χ1v) is 11.1. The molecule has 11 heteroatoms. The number of H-pyrrole nitrogens is 1. The fourth-order valence-corrected chi connectivity index (χ4v) is 3.67. The average molecular weight is 487 g/mol. The zero-order valence-electron chi connectivity index (χ0n) is 20.5. The maximum Gasteiger partial charge on any atom is 0.410 e. The first-order valence-electron chi connectivity index (χ1n) is 11.1. The van der Waals surface area contributed by atoms with Crippen LogP contribution >= 0.6 is 0 Å². The van der Waals surface area contributed by atoms with Gasteiger partial charge in [0.2, 0.25) is 5.75 Å². The van der Waals surface area contributed by atoms with Crippen LogP contribution in [0.25, 0.3) is 0 Å². The van der Waals surface area contributed by atoms with Gasteiger partial charge in [0.25, 0.3) is 5.56 Å². The zero-order valence-corrected chi connectivity index (χ0v) is 20.5. The van der Waals surface area contributed by atoms with Crippen molar-refractivity contribution in [2.45, 2.75) is 45.3 Å². The van der Waals surface area contributed by atoms with Crippen molar-refractivity contribution in [3.63, 3.8) is 0 Å². The largest absolute Gasteiger partial charge is 0.464 e. The third-order valence-corrected chi connectivity index (χ3v) is 5.19. The van der Waals surface area contributed by atoms with Gasteiger partial charge in [-0.2, -0.15) is 0 Å². The number of esters is 2. The summed E-state index contributed by atoms with van der Waals surface area (Å²) in [6, 6.07) is 8.04. The van der Waals surface area contributed by atoms with E-state index in [0.29, 0.717) is 13.1 Å². The molecule has 1 aromatic heterocycles. The maximum absolute atomic E-state index is 12.8. The van der Waals surface area contributed by atoms with Gasteiger partial charge in [-0.25, -0.2) is 19.4 Å². The summed E-state index contributed by atoms with van der Waals surface area (Å²) in [6.45, 7) is 8.48. The number of aromatic amines is 1. The van der Waals surface area contributed by atoms with E-state index >= 15 is 0 Å². The number of amides is 1. The van der Waals surface area contributed by atoms with Crippen LogP contribution in [0.5, 0.6) is 5.75 Å². The molecule has 0 radical (unpaired) electrons. The van der Waals surface area contributed by atoms with Crippen molar-refractivity contribution < 1.29 is 28.6 Å². The van der Waals surface area contributed by atoms with Gasteiger partial charge >= 0.3 is 18.0 Å². The molecule has 3 rings (SSSR count). The van der Waals surface area contributed by atoms with Crippen LogP contribution in [0.15, 0.2) is 35.1 Å². The zero-order chi connectivity index (χ0) is 25.8. The van der Waals surface area contributed by atoms with E-state index < -0.39 is 46.2 Å². The van der Waals surface area contributed by atoms with Crippen LogP contribution in [0, 0.1) is 0 Å². The Hall–Kier alpha value is -3.73. The second kappa shape index (κ2) is 10.3. The molecule has 0 bridgehead atoms. The van der Waals surface area contributed by atoms with Gasteiger partial charge in [0.05, 0.1) is 12.7 Å². The molecule has 2 heterocycles. The summed E-state index contributed by atoms with van der Waals surface area (Å²) in [5.41, 5.74) is -2.33. The lowest BCUT2D eigenvalue weighted by molar-refractivity contribution is 0.0134. The van der Waals surface area contributed by atoms with Gasteiger partial charge in [-0.05, 0) is 39.8 Å². The van der Waals surface area contributed by atoms with Crippen molar-refractivity contribution in [1.29, 1.82) is 0 Å². The quantitative estimate of drug-likeness (QED) is 0.607. The van der Waals surface area contributed by atoms with Crippen LogP contribution < -0.4 is 15.6 Å². The number of ether oxygens (including phenoxy) is 3. The topological polar surface area (TPSA) is 140 Å². The number of hydrogen-bond donors (Lipinski definition) is 2. The van der Waals surface area contributed by atoms with Gasteiger partial charge in [0.15, 0.2) is 5.69 Å². The lowest BCUT2D eigenvalue weighted by Gasteiger charge is -2.41. The molecule has 1 aromatic carbocycles. The second-order valence-corrected chi connectivity index (χ2v) is 9.50. The van der Waals surface area contributed by atoms with E-state index in [4.69, 9.17) is 14.2 Å². The van der Waals surface area contributed by atoms with E-state index in [-0.39, 0.29) is 24.4 Å². The Bertz CT molecular complexity index is 1160. The van der Waals surface area contributed by atoms with Gasteiger partial charge < -0.3 is 29.4 Å². The molecule has 188 valence electrons. The Labute approximate surface area is 202 Å². The number of nitrogens with zero attached hydrogens (tertiary/aromatic N) is 2. The van der Waals surface area contributed by atoms with Crippen molar-refractivity contribution in [2.24, 2.45) is 0 Å². The van der Waals surface area contributed by atoms with Crippen molar-refractivity contribution in [3.8, 4) is 5.75 Å². The molecule has 1 aliphatic rings. The summed E-state index contributed by atoms with van der Waals surface area (Å²) < 4.78 is 15.4. The minimum Gasteiger partial charge on any atom is -0.464 e. The lowest BCUT2D eigenvalue weighted by atomic mass is 9.94. The molecule has 0 saturated carbocycles. The number of hydrogen-bond acceptors (Lipinski definition) is 9. The number of nitrogens with one attached hydrogen (secondary N) is 2. The standard InChI is InChI=1S/C24H30N4O7/c1-23(2,3)35-22(32)28-12-11-25-24(4,14-28)13-16-26-17(21(31)33-5)18(19(29)27-16)34-20(30)15-9-7-6-8-10-15/h6-10,25H,11-14H2,1-5H3,(H,26,27,29). The van der Waals surface area contributed by atoms with Gasteiger partial charge in [0, 0.05) is 31.6 Å². The Morgan fingerprint density at radius 2 is 1.83 bits per heavy atom. The molecule has 0 aliphatic carbocycles. The molecule has 2 aromatic rings. The Kier molecular flexibility index (Phi) is 7.59. The minimum atomic E-state index is -0.926. The van der Waals surface area contributed by atoms with Crippen molar-refractivity contribution in [1.82, 2.24) is 20.2 Å². The molecular weight excluding hydrogens is 456 g/mol. The number of piperazine rings is 1. The maximum atomic E-state index is 12.8. The van der Waals surface area contributed by atoms with Crippen molar-refractivity contribution >= 4 is 18.0 Å². The summed E-state index contributed by atoms with van der Waals surface area (Å²) in [5, 5.41) is 3.33. The highest BCUT2D eigenvalue weighted by molar-refractivity contribution is 5.94. The summed E-state index contributed by atoms with van der Waals surface area (Å²) in [7, 11) is 1.14. The Balaban J connectivity index is 1.85. The van der Waals surface area contributed by atoms with Crippen LogP contribution in [0.2, 0.25) is 0 Å². The van der Waals surface area contributed by atoms with E-state index in [1.54, 1.807) is 43.9 Å². The van der Waals surface area contributed by atoms with Crippen LogP contribution in [-0.4, -0.2) is 70.8 Å². The fourth-order valence-electron chi connectivity index (χ4n) is 3.67. The normalized spacial score (nSPS) is 18.0. The number of methoxy groups -OCH3 is 1. The molecule has 35 heavy (non-hydrogen) atoms. The number of carbonyl (C=O) groups excluding carboxylic acids is 3. The van der Waals surface area contributed by atoms with Crippen LogP contribution in [0.3, 0.4) is 0 Å². The SMILES string of the molecule is COC(=O)c1nc(CC2(C)CN(C(=O)OC(C)(C)C)CCN2)[nH]c(=O)c1OC(=O)c1ccccc1. The van der Waals surface area contributed by atoms with Crippen LogP contribution in [0.1, 0.15) is 54.4 Å². The first-order chi connectivity index (χ1) is 16.4. The van der Waals surface area contributed by atoms with E-state index in [0.717, 1.165) is 7.11 Å². The van der Waals surface area contributed by atoms with E-state index in [2.05, 4.69) is 15.3 Å². The summed E-state index contributed by atoms with van der Waals surface area (Å²) in [5.74, 6) is -2.13. The number of rotatable bonds is 5. The first kappa shape index (κ1) is 25.9. The summed E-state index contributed by atoms with van der Waals surface area (Å²) >= 11 is 0. The highest BCUT2D eigenvalue weighted by Crippen LogP contribution is 2.20. The molecule has 11 nitrogen and oxygen atoms in total. The van der Waals surface area contributed by atoms with E-state index in [1.807, 2.05) is 6.92 Å². The monoisotopic (exact) mass is 486 g/mol. The Morgan fingerprint density at radius 3 is 2.46 bits per heavy atom. The second-order valence-electron chi connectivity index (χ2n) is 9.50. The highest BCUT2D eigenvalue weighted by atomic mass is 16.6. The molecule has 1 saturated heterocycles.